The van der Waals surface area contributed by atoms with Gasteiger partial charge >= 0.3 is 6.16 Å². The zero-order valence-electron chi connectivity index (χ0n) is 5.80. The molecule has 1 heterocycles. The molecule has 1 N–H and O–H groups in total. The molecule has 0 radical (unpaired) electrons. The number of rotatable bonds is 3. The van der Waals surface area contributed by atoms with Crippen molar-refractivity contribution >= 4 is 6.16 Å². The zero-order chi connectivity index (χ0) is 8.10. The number of carboxylic acid groups (broad SMARTS) is 1. The van der Waals surface area contributed by atoms with Crippen molar-refractivity contribution in [3.8, 4) is 0 Å². The van der Waals surface area contributed by atoms with E-state index in [4.69, 9.17) is 5.11 Å². The van der Waals surface area contributed by atoms with Gasteiger partial charge in [0, 0.05) is 12.4 Å². The fraction of sp³-hybridized carbons (Fsp3) is 0.333. The van der Waals surface area contributed by atoms with Gasteiger partial charge in [-0.2, -0.15) is 5.10 Å². The summed E-state index contributed by atoms with van der Waals surface area (Å²) in [6, 6.07) is 1.76. The number of carbonyl (C=O) groups is 1. The van der Waals surface area contributed by atoms with Gasteiger partial charge in [-0.1, -0.05) is 0 Å². The first-order chi connectivity index (χ1) is 5.29. The molecular weight excluding hydrogens is 148 g/mol. The number of ether oxygens (including phenoxy) is 1. The van der Waals surface area contributed by atoms with Crippen LogP contribution in [-0.4, -0.2) is 27.6 Å². The predicted octanol–water partition coefficient (Wildman–Crippen LogP) is 0.578. The first kappa shape index (κ1) is 7.59. The van der Waals surface area contributed by atoms with Gasteiger partial charge in [-0.25, -0.2) is 4.79 Å². The summed E-state index contributed by atoms with van der Waals surface area (Å²) < 4.78 is 5.87. The molecule has 0 aromatic carbocycles. The van der Waals surface area contributed by atoms with E-state index in [1.54, 1.807) is 23.1 Å². The van der Waals surface area contributed by atoms with Gasteiger partial charge in [0.05, 0.1) is 6.54 Å². The summed E-state index contributed by atoms with van der Waals surface area (Å²) in [7, 11) is 0. The first-order valence-corrected chi connectivity index (χ1v) is 3.12. The molecule has 1 aromatic rings. The number of aromatic nitrogens is 2. The lowest BCUT2D eigenvalue weighted by molar-refractivity contribution is 0.0876. The third kappa shape index (κ3) is 2.70. The second-order valence-corrected chi connectivity index (χ2v) is 1.88. The summed E-state index contributed by atoms with van der Waals surface area (Å²) in [4.78, 5) is 9.88. The van der Waals surface area contributed by atoms with E-state index in [9.17, 15) is 4.79 Å². The number of hydrogen-bond acceptors (Lipinski definition) is 3. The molecule has 5 nitrogen and oxygen atoms in total. The lowest BCUT2D eigenvalue weighted by Gasteiger charge is -1.99. The molecule has 0 fully saturated rings. The second-order valence-electron chi connectivity index (χ2n) is 1.88. The Morgan fingerprint density at radius 1 is 1.73 bits per heavy atom. The van der Waals surface area contributed by atoms with Crippen LogP contribution in [0.1, 0.15) is 0 Å². The van der Waals surface area contributed by atoms with Gasteiger partial charge in [-0.05, 0) is 6.07 Å². The predicted molar refractivity (Wildman–Crippen MR) is 36.2 cm³/mol. The standard InChI is InChI=1S/C6H8N2O3/c9-6(10)11-5-4-8-3-1-2-7-8/h1-3H,4-5H2,(H,9,10). The van der Waals surface area contributed by atoms with Crippen LogP contribution in [0.3, 0.4) is 0 Å². The van der Waals surface area contributed by atoms with Gasteiger partial charge in [-0.15, -0.1) is 0 Å². The SMILES string of the molecule is O=C(O)OCCn1cccn1. The van der Waals surface area contributed by atoms with E-state index in [1.165, 1.54) is 0 Å². The third-order valence-electron chi connectivity index (χ3n) is 1.11. The fourth-order valence-corrected chi connectivity index (χ4v) is 0.659. The summed E-state index contributed by atoms with van der Waals surface area (Å²) in [5.41, 5.74) is 0. The van der Waals surface area contributed by atoms with Gasteiger partial charge < -0.3 is 9.84 Å². The van der Waals surface area contributed by atoms with Crippen molar-refractivity contribution in [2.24, 2.45) is 0 Å². The van der Waals surface area contributed by atoms with Crippen LogP contribution in [0.4, 0.5) is 4.79 Å². The topological polar surface area (TPSA) is 64.3 Å². The summed E-state index contributed by atoms with van der Waals surface area (Å²) in [6.07, 6.45) is 2.11. The van der Waals surface area contributed by atoms with Crippen LogP contribution in [0.15, 0.2) is 18.5 Å². The van der Waals surface area contributed by atoms with Crippen LogP contribution in [0.5, 0.6) is 0 Å². The van der Waals surface area contributed by atoms with Gasteiger partial charge in [-0.3, -0.25) is 4.68 Å². The van der Waals surface area contributed by atoms with Crippen molar-refractivity contribution in [3.05, 3.63) is 18.5 Å². The van der Waals surface area contributed by atoms with Crippen LogP contribution >= 0.6 is 0 Å². The monoisotopic (exact) mass is 156 g/mol. The smallest absolute Gasteiger partial charge is 0.450 e. The largest absolute Gasteiger partial charge is 0.505 e. The maximum atomic E-state index is 9.88. The Morgan fingerprint density at radius 3 is 3.09 bits per heavy atom. The molecule has 0 unspecified atom stereocenters. The van der Waals surface area contributed by atoms with E-state index < -0.39 is 6.16 Å². The minimum atomic E-state index is -1.25. The van der Waals surface area contributed by atoms with Crippen LogP contribution in [0.2, 0.25) is 0 Å². The molecule has 0 aliphatic rings. The van der Waals surface area contributed by atoms with Crippen molar-refractivity contribution < 1.29 is 14.6 Å². The van der Waals surface area contributed by atoms with E-state index in [0.29, 0.717) is 6.54 Å². The molecule has 0 spiro atoms. The summed E-state index contributed by atoms with van der Waals surface area (Å²) in [6.45, 7) is 0.594. The Labute approximate surface area is 63.2 Å². The summed E-state index contributed by atoms with van der Waals surface area (Å²) in [5.74, 6) is 0. The van der Waals surface area contributed by atoms with Gasteiger partial charge in [0.2, 0.25) is 0 Å². The molecule has 1 rings (SSSR count). The number of nitrogens with zero attached hydrogens (tertiary/aromatic N) is 2. The van der Waals surface area contributed by atoms with E-state index >= 15 is 0 Å². The Bertz CT molecular complexity index is 220. The minimum absolute atomic E-state index is 0.136. The van der Waals surface area contributed by atoms with E-state index in [0.717, 1.165) is 0 Å². The number of hydrogen-bond donors (Lipinski definition) is 1. The molecule has 1 aromatic heterocycles. The van der Waals surface area contributed by atoms with Gasteiger partial charge in [0.15, 0.2) is 0 Å². The normalized spacial score (nSPS) is 9.45. The quantitative estimate of drug-likeness (QED) is 0.650. The summed E-state index contributed by atoms with van der Waals surface area (Å²) in [5, 5.41) is 11.9. The highest BCUT2D eigenvalue weighted by Crippen LogP contribution is 1.85. The molecular formula is C6H8N2O3. The molecule has 5 heteroatoms. The highest BCUT2D eigenvalue weighted by molar-refractivity contribution is 5.56. The molecule has 11 heavy (non-hydrogen) atoms. The molecule has 0 saturated heterocycles. The fourth-order valence-electron chi connectivity index (χ4n) is 0.659. The minimum Gasteiger partial charge on any atom is -0.450 e. The highest BCUT2D eigenvalue weighted by atomic mass is 16.7. The summed E-state index contributed by atoms with van der Waals surface area (Å²) >= 11 is 0. The van der Waals surface area contributed by atoms with Crippen molar-refractivity contribution in [2.45, 2.75) is 6.54 Å². The molecule has 0 saturated carbocycles. The Balaban J connectivity index is 2.19. The van der Waals surface area contributed by atoms with E-state index in [1.807, 2.05) is 0 Å². The molecule has 0 bridgehead atoms. The Hall–Kier alpha value is -1.52. The average molecular weight is 156 g/mol. The molecule has 0 amide bonds. The van der Waals surface area contributed by atoms with Crippen LogP contribution in [0, 0.1) is 0 Å². The first-order valence-electron chi connectivity index (χ1n) is 3.12. The average Bonchev–Trinajstić information content (AvgIpc) is 2.39. The molecule has 0 aliphatic carbocycles. The molecule has 0 aliphatic heterocycles. The van der Waals surface area contributed by atoms with Crippen LogP contribution in [0.25, 0.3) is 0 Å². The highest BCUT2D eigenvalue weighted by Gasteiger charge is 1.95. The van der Waals surface area contributed by atoms with Gasteiger partial charge in [0.25, 0.3) is 0 Å². The Kier molecular flexibility index (Phi) is 2.48. The van der Waals surface area contributed by atoms with E-state index in [-0.39, 0.29) is 6.61 Å². The third-order valence-corrected chi connectivity index (χ3v) is 1.11. The maximum Gasteiger partial charge on any atom is 0.505 e. The van der Waals surface area contributed by atoms with Crippen molar-refractivity contribution in [3.63, 3.8) is 0 Å². The molecule has 0 atom stereocenters. The van der Waals surface area contributed by atoms with Crippen molar-refractivity contribution in [1.82, 2.24) is 9.78 Å². The maximum absolute atomic E-state index is 9.88. The van der Waals surface area contributed by atoms with Crippen LogP contribution in [-0.2, 0) is 11.3 Å². The zero-order valence-corrected chi connectivity index (χ0v) is 5.80. The van der Waals surface area contributed by atoms with E-state index in [2.05, 4.69) is 9.84 Å². The van der Waals surface area contributed by atoms with Gasteiger partial charge in [0.1, 0.15) is 6.61 Å². The van der Waals surface area contributed by atoms with Crippen molar-refractivity contribution in [2.75, 3.05) is 6.61 Å². The molecule has 60 valence electrons. The van der Waals surface area contributed by atoms with Crippen LogP contribution < -0.4 is 0 Å². The lowest BCUT2D eigenvalue weighted by atomic mass is 10.7. The second kappa shape index (κ2) is 3.60. The van der Waals surface area contributed by atoms with Crippen molar-refractivity contribution in [1.29, 1.82) is 0 Å². The Morgan fingerprint density at radius 2 is 2.55 bits per heavy atom. The lowest BCUT2D eigenvalue weighted by Crippen LogP contribution is -2.09.